The summed E-state index contributed by atoms with van der Waals surface area (Å²) in [5.41, 5.74) is 9.56. The maximum atomic E-state index is 13.7. The van der Waals surface area contributed by atoms with E-state index in [0.717, 1.165) is 42.7 Å². The highest BCUT2D eigenvalue weighted by Crippen LogP contribution is 2.23. The maximum absolute atomic E-state index is 13.7. The molecule has 4 rings (SSSR count). The summed E-state index contributed by atoms with van der Waals surface area (Å²) in [4.78, 5) is 54.3. The van der Waals surface area contributed by atoms with E-state index in [1.807, 2.05) is 41.8 Å². The van der Waals surface area contributed by atoms with Crippen molar-refractivity contribution in [3.05, 3.63) is 83.8 Å². The number of esters is 1. The molecule has 2 aromatic heterocycles. The number of nitrogens with zero attached hydrogens (tertiary/aromatic N) is 6. The smallest absolute Gasteiger partial charge is 0.435 e. The number of fused-ring (bicyclic) bond motifs is 1. The Morgan fingerprint density at radius 2 is 1.72 bits per heavy atom. The summed E-state index contributed by atoms with van der Waals surface area (Å²) in [5.74, 6) is 0.669. The molecule has 12 heteroatoms. The lowest BCUT2D eigenvalue weighted by molar-refractivity contribution is -0.142. The number of aryl methyl sites for hydroxylation is 1. The number of amides is 2. The van der Waals surface area contributed by atoms with E-state index in [0.29, 0.717) is 35.6 Å². The fourth-order valence-corrected chi connectivity index (χ4v) is 5.02. The van der Waals surface area contributed by atoms with Crippen molar-refractivity contribution in [3.63, 3.8) is 0 Å². The Bertz CT molecular complexity index is 1690. The number of carbonyl (C=O) groups is 3. The van der Waals surface area contributed by atoms with Crippen LogP contribution in [0.25, 0.3) is 11.0 Å². The molecule has 0 aliphatic heterocycles. The van der Waals surface area contributed by atoms with Crippen molar-refractivity contribution in [2.24, 2.45) is 17.8 Å². The normalized spacial score (nSPS) is 11.4. The average Bonchev–Trinajstić information content (AvgIpc) is 3.38. The highest BCUT2D eigenvalue weighted by molar-refractivity contribution is 6.07. The first-order chi connectivity index (χ1) is 22.7. The minimum absolute atomic E-state index is 0.0462. The van der Waals surface area contributed by atoms with E-state index >= 15 is 0 Å². The molecule has 0 aliphatic carbocycles. The van der Waals surface area contributed by atoms with Crippen LogP contribution in [0, 0.1) is 0 Å². The molecule has 2 aromatic carbocycles. The second kappa shape index (κ2) is 16.9. The number of carbonyl (C=O) groups excluding carboxylic acids is 3. The maximum Gasteiger partial charge on any atom is 0.435 e. The van der Waals surface area contributed by atoms with Gasteiger partial charge in [0, 0.05) is 43.7 Å². The second-order valence-electron chi connectivity index (χ2n) is 11.1. The number of pyridine rings is 1. The van der Waals surface area contributed by atoms with Crippen LogP contribution in [-0.2, 0) is 27.9 Å². The van der Waals surface area contributed by atoms with E-state index in [1.54, 1.807) is 55.6 Å². The van der Waals surface area contributed by atoms with Gasteiger partial charge in [-0.1, -0.05) is 32.3 Å². The fourth-order valence-electron chi connectivity index (χ4n) is 5.02. The zero-order chi connectivity index (χ0) is 33.8. The van der Waals surface area contributed by atoms with Crippen LogP contribution in [0.15, 0.2) is 71.9 Å². The number of benzene rings is 2. The van der Waals surface area contributed by atoms with Crippen LogP contribution in [0.1, 0.15) is 67.7 Å². The fraction of sp³-hybridized carbons (Fsp3) is 0.371. The molecule has 2 heterocycles. The lowest BCUT2D eigenvalue weighted by atomic mass is 10.1. The standard InChI is InChI=1S/C35H43N7O5/c1-5-7-8-11-22-47-35(45)39-33(36)25-13-16-27(17-14-25)40(3)24-31-38-28-23-26(15-18-29(28)41(31)4)34(44)42(21-19-32(43)46-6-2)30-12-9-10-20-37-30/h9-10,12-18,20,23H,5-8,11,19,21-22,24H2,1-4H3,(H2,36,39,45). The summed E-state index contributed by atoms with van der Waals surface area (Å²) in [7, 11) is 3.88. The summed E-state index contributed by atoms with van der Waals surface area (Å²) in [6.45, 7) is 5.09. The molecule has 2 amide bonds. The van der Waals surface area contributed by atoms with Crippen LogP contribution in [0.3, 0.4) is 0 Å². The van der Waals surface area contributed by atoms with Gasteiger partial charge in [-0.25, -0.2) is 14.8 Å². The highest BCUT2D eigenvalue weighted by atomic mass is 16.5. The topological polar surface area (TPSA) is 145 Å². The van der Waals surface area contributed by atoms with Gasteiger partial charge < -0.3 is 24.7 Å². The molecule has 12 nitrogen and oxygen atoms in total. The Kier molecular flexibility index (Phi) is 12.4. The van der Waals surface area contributed by atoms with Crippen LogP contribution in [-0.4, -0.2) is 65.1 Å². The number of nitrogens with two attached hydrogens (primary N) is 1. The number of aliphatic imine (C=N–C) groups is 1. The number of unbranched alkanes of at least 4 members (excludes halogenated alkanes) is 3. The quantitative estimate of drug-likeness (QED) is 0.0756. The largest absolute Gasteiger partial charge is 0.466 e. The Morgan fingerprint density at radius 1 is 0.957 bits per heavy atom. The lowest BCUT2D eigenvalue weighted by Gasteiger charge is -2.21. The van der Waals surface area contributed by atoms with Crippen LogP contribution < -0.4 is 15.5 Å². The summed E-state index contributed by atoms with van der Waals surface area (Å²) in [6.07, 6.45) is 5.00. The Balaban J connectivity index is 1.44. The van der Waals surface area contributed by atoms with Crippen LogP contribution >= 0.6 is 0 Å². The molecular formula is C35H43N7O5. The van der Waals surface area contributed by atoms with Crippen molar-refractivity contribution in [2.45, 2.75) is 52.5 Å². The first kappa shape index (κ1) is 34.6. The van der Waals surface area contributed by atoms with Crippen LogP contribution in [0.5, 0.6) is 0 Å². The molecule has 0 radical (unpaired) electrons. The SMILES string of the molecule is CCCCCCOC(=O)N=C(N)c1ccc(N(C)Cc2nc3cc(C(=O)N(CCC(=O)OCC)c4ccccn4)ccc3n2C)cc1. The molecule has 0 spiro atoms. The predicted octanol–water partition coefficient (Wildman–Crippen LogP) is 5.63. The summed E-state index contributed by atoms with van der Waals surface area (Å²) in [6, 6.07) is 18.1. The van der Waals surface area contributed by atoms with Gasteiger partial charge in [0.2, 0.25) is 0 Å². The molecule has 4 aromatic rings. The van der Waals surface area contributed by atoms with E-state index in [-0.39, 0.29) is 37.3 Å². The molecule has 0 atom stereocenters. The van der Waals surface area contributed by atoms with Gasteiger partial charge in [0.25, 0.3) is 5.91 Å². The Labute approximate surface area is 275 Å². The monoisotopic (exact) mass is 641 g/mol. The number of amidine groups is 1. The summed E-state index contributed by atoms with van der Waals surface area (Å²) in [5, 5.41) is 0. The van der Waals surface area contributed by atoms with Crippen molar-refractivity contribution in [3.8, 4) is 0 Å². The third-order valence-corrected chi connectivity index (χ3v) is 7.65. The number of aromatic nitrogens is 3. The number of rotatable bonds is 15. The van der Waals surface area contributed by atoms with Crippen molar-refractivity contribution in [2.75, 3.05) is 36.6 Å². The molecule has 0 bridgehead atoms. The average molecular weight is 642 g/mol. The van der Waals surface area contributed by atoms with Gasteiger partial charge >= 0.3 is 12.1 Å². The van der Waals surface area contributed by atoms with E-state index in [1.165, 1.54) is 4.90 Å². The van der Waals surface area contributed by atoms with Gasteiger partial charge in [0.15, 0.2) is 0 Å². The molecule has 0 saturated carbocycles. The third-order valence-electron chi connectivity index (χ3n) is 7.65. The van der Waals surface area contributed by atoms with E-state index < -0.39 is 6.09 Å². The van der Waals surface area contributed by atoms with Gasteiger partial charge in [-0.15, -0.1) is 0 Å². The summed E-state index contributed by atoms with van der Waals surface area (Å²) >= 11 is 0. The first-order valence-corrected chi connectivity index (χ1v) is 15.9. The minimum Gasteiger partial charge on any atom is -0.466 e. The molecule has 2 N–H and O–H groups in total. The van der Waals surface area contributed by atoms with Gasteiger partial charge in [-0.05, 0) is 67.9 Å². The zero-order valence-corrected chi connectivity index (χ0v) is 27.5. The molecule has 0 unspecified atom stereocenters. The van der Waals surface area contributed by atoms with Gasteiger partial charge in [-0.3, -0.25) is 14.5 Å². The number of anilines is 2. The van der Waals surface area contributed by atoms with Crippen LogP contribution in [0.4, 0.5) is 16.3 Å². The van der Waals surface area contributed by atoms with Gasteiger partial charge in [-0.2, -0.15) is 4.99 Å². The molecule has 248 valence electrons. The predicted molar refractivity (Wildman–Crippen MR) is 183 cm³/mol. The molecule has 0 saturated heterocycles. The number of imidazole rings is 1. The van der Waals surface area contributed by atoms with E-state index in [2.05, 4.69) is 16.9 Å². The number of hydrogen-bond acceptors (Lipinski definition) is 8. The van der Waals surface area contributed by atoms with E-state index in [4.69, 9.17) is 20.2 Å². The van der Waals surface area contributed by atoms with Crippen molar-refractivity contribution >= 4 is 46.3 Å². The first-order valence-electron chi connectivity index (χ1n) is 15.9. The molecule has 0 fully saturated rings. The van der Waals surface area contributed by atoms with Crippen molar-refractivity contribution in [1.82, 2.24) is 14.5 Å². The molecular weight excluding hydrogens is 598 g/mol. The number of ether oxygens (including phenoxy) is 2. The number of hydrogen-bond donors (Lipinski definition) is 1. The Hall–Kier alpha value is -5.26. The lowest BCUT2D eigenvalue weighted by Crippen LogP contribution is -2.34. The van der Waals surface area contributed by atoms with E-state index in [9.17, 15) is 14.4 Å². The summed E-state index contributed by atoms with van der Waals surface area (Å²) < 4.78 is 12.2. The second-order valence-corrected chi connectivity index (χ2v) is 11.1. The highest BCUT2D eigenvalue weighted by Gasteiger charge is 2.22. The molecule has 0 aliphatic rings. The molecule has 47 heavy (non-hydrogen) atoms. The van der Waals surface area contributed by atoms with Gasteiger partial charge in [0.1, 0.15) is 17.5 Å². The Morgan fingerprint density at radius 3 is 2.43 bits per heavy atom. The zero-order valence-electron chi connectivity index (χ0n) is 27.5. The van der Waals surface area contributed by atoms with Crippen LogP contribution in [0.2, 0.25) is 0 Å². The third kappa shape index (κ3) is 9.38. The van der Waals surface area contributed by atoms with Crippen molar-refractivity contribution < 1.29 is 23.9 Å². The minimum atomic E-state index is -0.687. The van der Waals surface area contributed by atoms with Gasteiger partial charge in [0.05, 0.1) is 37.2 Å². The van der Waals surface area contributed by atoms with Crippen molar-refractivity contribution in [1.29, 1.82) is 0 Å².